The Morgan fingerprint density at radius 1 is 1.06 bits per heavy atom. The van der Waals surface area contributed by atoms with Crippen molar-refractivity contribution in [1.29, 1.82) is 0 Å². The Morgan fingerprint density at radius 3 is 1.94 bits per heavy atom. The van der Waals surface area contributed by atoms with E-state index in [9.17, 15) is 10.2 Å². The monoisotopic (exact) mass is 222 g/mol. The van der Waals surface area contributed by atoms with Gasteiger partial charge in [-0.25, -0.2) is 0 Å². The maximum absolute atomic E-state index is 10.0. The minimum absolute atomic E-state index is 0.317. The van der Waals surface area contributed by atoms with E-state index in [1.54, 1.807) is 0 Å². The van der Waals surface area contributed by atoms with E-state index < -0.39 is 12.2 Å². The van der Waals surface area contributed by atoms with Crippen LogP contribution in [0.1, 0.15) is 44.9 Å². The molecule has 1 aromatic rings. The number of hydrogen-bond donors (Lipinski definition) is 2. The first-order valence-corrected chi connectivity index (χ1v) is 5.81. The average Bonchev–Trinajstić information content (AvgIpc) is 2.26. The van der Waals surface area contributed by atoms with Crippen LogP contribution in [0.5, 0.6) is 0 Å². The quantitative estimate of drug-likeness (QED) is 0.825. The third-order valence-electron chi connectivity index (χ3n) is 2.92. The Hall–Kier alpha value is -0.860. The van der Waals surface area contributed by atoms with Crippen LogP contribution in [-0.2, 0) is 6.42 Å². The lowest BCUT2D eigenvalue weighted by Gasteiger charge is -2.30. The fraction of sp³-hybridized carbons (Fsp3) is 0.571. The first-order chi connectivity index (χ1) is 7.36. The molecule has 0 fully saturated rings. The van der Waals surface area contributed by atoms with Gasteiger partial charge in [0.05, 0.1) is 6.10 Å². The normalized spacial score (nSPS) is 15.9. The highest BCUT2D eigenvalue weighted by atomic mass is 16.3. The minimum Gasteiger partial charge on any atom is -0.390 e. The molecule has 2 unspecified atom stereocenters. The second-order valence-corrected chi connectivity index (χ2v) is 5.35. The maximum Gasteiger partial charge on any atom is 0.105 e. The van der Waals surface area contributed by atoms with Crippen molar-refractivity contribution < 1.29 is 10.2 Å². The molecule has 0 aliphatic carbocycles. The average molecular weight is 222 g/mol. The number of rotatable bonds is 3. The number of aliphatic hydroxyl groups is 2. The molecule has 16 heavy (non-hydrogen) atoms. The lowest BCUT2D eigenvalue weighted by molar-refractivity contribution is -0.0458. The molecule has 0 spiro atoms. The van der Waals surface area contributed by atoms with Gasteiger partial charge in [0, 0.05) is 0 Å². The molecule has 0 heterocycles. The van der Waals surface area contributed by atoms with Gasteiger partial charge >= 0.3 is 0 Å². The minimum atomic E-state index is -0.814. The molecule has 2 heteroatoms. The largest absolute Gasteiger partial charge is 0.390 e. The van der Waals surface area contributed by atoms with Crippen LogP contribution in [0.4, 0.5) is 0 Å². The van der Waals surface area contributed by atoms with E-state index in [0.29, 0.717) is 0 Å². The van der Waals surface area contributed by atoms with Crippen molar-refractivity contribution in [2.45, 2.75) is 46.3 Å². The highest BCUT2D eigenvalue weighted by Gasteiger charge is 2.29. The van der Waals surface area contributed by atoms with Crippen molar-refractivity contribution in [3.63, 3.8) is 0 Å². The van der Waals surface area contributed by atoms with Gasteiger partial charge in [0.1, 0.15) is 6.10 Å². The van der Waals surface area contributed by atoms with Gasteiger partial charge in [-0.2, -0.15) is 0 Å². The van der Waals surface area contributed by atoms with Crippen LogP contribution in [0.25, 0.3) is 0 Å². The van der Waals surface area contributed by atoms with Crippen molar-refractivity contribution in [3.05, 3.63) is 35.4 Å². The molecule has 0 saturated heterocycles. The number of aliphatic hydroxyl groups excluding tert-OH is 2. The molecule has 0 radical (unpaired) electrons. The van der Waals surface area contributed by atoms with E-state index in [1.807, 2.05) is 45.0 Å². The summed E-state index contributed by atoms with van der Waals surface area (Å²) in [6, 6.07) is 7.76. The van der Waals surface area contributed by atoms with Crippen LogP contribution in [0.3, 0.4) is 0 Å². The molecular formula is C14H22O2. The Labute approximate surface area is 97.9 Å². The zero-order chi connectivity index (χ0) is 12.3. The molecule has 0 aromatic heterocycles. The Bertz CT molecular complexity index is 322. The molecule has 0 saturated carbocycles. The van der Waals surface area contributed by atoms with Crippen LogP contribution in [0.15, 0.2) is 24.3 Å². The highest BCUT2D eigenvalue weighted by Crippen LogP contribution is 2.29. The van der Waals surface area contributed by atoms with Gasteiger partial charge in [-0.3, -0.25) is 0 Å². The maximum atomic E-state index is 10.0. The van der Waals surface area contributed by atoms with Crippen LogP contribution >= 0.6 is 0 Å². The van der Waals surface area contributed by atoms with Gasteiger partial charge < -0.3 is 10.2 Å². The highest BCUT2D eigenvalue weighted by molar-refractivity contribution is 5.25. The van der Waals surface area contributed by atoms with E-state index in [-0.39, 0.29) is 5.41 Å². The number of hydrogen-bond acceptors (Lipinski definition) is 2. The molecule has 0 aliphatic heterocycles. The summed E-state index contributed by atoms with van der Waals surface area (Å²) in [5.74, 6) is 0. The van der Waals surface area contributed by atoms with E-state index in [1.165, 1.54) is 5.56 Å². The lowest BCUT2D eigenvalue weighted by atomic mass is 9.83. The van der Waals surface area contributed by atoms with Crippen LogP contribution < -0.4 is 0 Å². The van der Waals surface area contributed by atoms with E-state index in [4.69, 9.17) is 0 Å². The summed E-state index contributed by atoms with van der Waals surface area (Å²) in [7, 11) is 0. The van der Waals surface area contributed by atoms with Crippen molar-refractivity contribution in [1.82, 2.24) is 0 Å². The van der Waals surface area contributed by atoms with Crippen molar-refractivity contribution >= 4 is 0 Å². The van der Waals surface area contributed by atoms with Gasteiger partial charge in [-0.15, -0.1) is 0 Å². The predicted octanol–water partition coefficient (Wildman–Crippen LogP) is 2.69. The summed E-state index contributed by atoms with van der Waals surface area (Å²) < 4.78 is 0. The molecule has 0 bridgehead atoms. The van der Waals surface area contributed by atoms with Gasteiger partial charge in [0.2, 0.25) is 0 Å². The summed E-state index contributed by atoms with van der Waals surface area (Å²) in [5, 5.41) is 20.0. The smallest absolute Gasteiger partial charge is 0.105 e. The summed E-state index contributed by atoms with van der Waals surface area (Å²) in [6.07, 6.45) is -0.580. The van der Waals surface area contributed by atoms with Crippen molar-refractivity contribution in [2.75, 3.05) is 0 Å². The molecule has 2 atom stereocenters. The number of aryl methyl sites for hydroxylation is 1. The standard InChI is InChI=1S/C14H22O2/c1-5-10-6-8-11(9-7-10)12(15)13(16)14(2,3)4/h6-9,12-13,15-16H,5H2,1-4H3. The molecule has 90 valence electrons. The third-order valence-corrected chi connectivity index (χ3v) is 2.92. The zero-order valence-corrected chi connectivity index (χ0v) is 10.6. The summed E-state index contributed by atoms with van der Waals surface area (Å²) >= 11 is 0. The molecule has 1 rings (SSSR count). The van der Waals surface area contributed by atoms with E-state index in [0.717, 1.165) is 12.0 Å². The van der Waals surface area contributed by atoms with Crippen LogP contribution in [0, 0.1) is 5.41 Å². The zero-order valence-electron chi connectivity index (χ0n) is 10.6. The molecule has 2 N–H and O–H groups in total. The predicted molar refractivity (Wildman–Crippen MR) is 66.2 cm³/mol. The van der Waals surface area contributed by atoms with Crippen LogP contribution in [0.2, 0.25) is 0 Å². The summed E-state index contributed by atoms with van der Waals surface area (Å²) in [5.41, 5.74) is 1.70. The topological polar surface area (TPSA) is 40.5 Å². The van der Waals surface area contributed by atoms with Crippen LogP contribution in [-0.4, -0.2) is 16.3 Å². The molecule has 1 aromatic carbocycles. The molecule has 2 nitrogen and oxygen atoms in total. The number of benzene rings is 1. The first-order valence-electron chi connectivity index (χ1n) is 5.81. The van der Waals surface area contributed by atoms with E-state index in [2.05, 4.69) is 6.92 Å². The fourth-order valence-corrected chi connectivity index (χ4v) is 1.61. The molecule has 0 amide bonds. The SMILES string of the molecule is CCc1ccc(C(O)C(O)C(C)(C)C)cc1. The Balaban J connectivity index is 2.84. The first kappa shape index (κ1) is 13.2. The summed E-state index contributed by atoms with van der Waals surface area (Å²) in [4.78, 5) is 0. The molecular weight excluding hydrogens is 200 g/mol. The fourth-order valence-electron chi connectivity index (χ4n) is 1.61. The van der Waals surface area contributed by atoms with Crippen molar-refractivity contribution in [2.24, 2.45) is 5.41 Å². The lowest BCUT2D eigenvalue weighted by Crippen LogP contribution is -2.32. The van der Waals surface area contributed by atoms with Gasteiger partial charge in [-0.1, -0.05) is 52.0 Å². The third kappa shape index (κ3) is 3.06. The second-order valence-electron chi connectivity index (χ2n) is 5.35. The summed E-state index contributed by atoms with van der Waals surface area (Å²) in [6.45, 7) is 7.85. The Morgan fingerprint density at radius 2 is 1.56 bits per heavy atom. The van der Waals surface area contributed by atoms with Gasteiger partial charge in [-0.05, 0) is 23.0 Å². The van der Waals surface area contributed by atoms with Gasteiger partial charge in [0.25, 0.3) is 0 Å². The van der Waals surface area contributed by atoms with E-state index >= 15 is 0 Å². The van der Waals surface area contributed by atoms with Crippen molar-refractivity contribution in [3.8, 4) is 0 Å². The second kappa shape index (κ2) is 4.98. The molecule has 0 aliphatic rings. The van der Waals surface area contributed by atoms with Gasteiger partial charge in [0.15, 0.2) is 0 Å². The Kier molecular flexibility index (Phi) is 4.11.